The van der Waals surface area contributed by atoms with Crippen LogP contribution in [-0.2, 0) is 16.1 Å². The number of aromatic nitrogens is 2. The largest absolute Gasteiger partial charge is 0.497 e. The Morgan fingerprint density at radius 3 is 3.00 bits per heavy atom. The highest BCUT2D eigenvalue weighted by Gasteiger charge is 2.10. The van der Waals surface area contributed by atoms with Crippen LogP contribution >= 0.6 is 0 Å². The van der Waals surface area contributed by atoms with Crippen LogP contribution in [0.4, 0.5) is 0 Å². The second-order valence-corrected chi connectivity index (χ2v) is 3.95. The molecule has 0 fully saturated rings. The van der Waals surface area contributed by atoms with Gasteiger partial charge in [0, 0.05) is 12.7 Å². The lowest BCUT2D eigenvalue weighted by molar-refractivity contribution is -0.125. The molecule has 0 aliphatic carbocycles. The number of rotatable bonds is 6. The summed E-state index contributed by atoms with van der Waals surface area (Å²) in [6, 6.07) is 7.32. The highest BCUT2D eigenvalue weighted by atomic mass is 16.5. The minimum Gasteiger partial charge on any atom is -0.497 e. The predicted molar refractivity (Wildman–Crippen MR) is 70.0 cm³/mol. The van der Waals surface area contributed by atoms with Crippen molar-refractivity contribution in [3.05, 3.63) is 30.2 Å². The van der Waals surface area contributed by atoms with E-state index in [1.807, 2.05) is 18.2 Å². The second kappa shape index (κ2) is 6.67. The molecule has 1 amide bonds. The Morgan fingerprint density at radius 2 is 2.25 bits per heavy atom. The molecule has 7 nitrogen and oxygen atoms in total. The molecule has 0 aliphatic rings. The third-order valence-corrected chi connectivity index (χ3v) is 2.51. The molecular formula is C13H15N3O4. The highest BCUT2D eigenvalue weighted by molar-refractivity contribution is 5.77. The first-order chi connectivity index (χ1) is 9.72. The minimum absolute atomic E-state index is 0.00310. The van der Waals surface area contributed by atoms with E-state index in [0.29, 0.717) is 17.5 Å². The Morgan fingerprint density at radius 1 is 1.40 bits per heavy atom. The summed E-state index contributed by atoms with van der Waals surface area (Å²) in [5, 5.41) is 6.46. The molecule has 0 saturated heterocycles. The maximum atomic E-state index is 11.2. The van der Waals surface area contributed by atoms with E-state index in [0.717, 1.165) is 5.56 Å². The Bertz CT molecular complexity index is 583. The van der Waals surface area contributed by atoms with E-state index >= 15 is 0 Å². The van der Waals surface area contributed by atoms with Crippen molar-refractivity contribution in [1.29, 1.82) is 0 Å². The van der Waals surface area contributed by atoms with Crippen molar-refractivity contribution in [2.75, 3.05) is 20.8 Å². The van der Waals surface area contributed by atoms with Gasteiger partial charge in [-0.1, -0.05) is 17.3 Å². The molecule has 20 heavy (non-hydrogen) atoms. The lowest BCUT2D eigenvalue weighted by Crippen LogP contribution is -2.26. The Hall–Kier alpha value is -2.41. The van der Waals surface area contributed by atoms with Gasteiger partial charge in [0.05, 0.1) is 13.7 Å². The van der Waals surface area contributed by atoms with Crippen LogP contribution in [-0.4, -0.2) is 36.9 Å². The fourth-order valence-electron chi connectivity index (χ4n) is 1.56. The molecule has 0 bridgehead atoms. The van der Waals surface area contributed by atoms with Crippen molar-refractivity contribution >= 4 is 5.91 Å². The van der Waals surface area contributed by atoms with Crippen LogP contribution in [0.3, 0.4) is 0 Å². The Kier molecular flexibility index (Phi) is 4.67. The molecule has 2 aromatic rings. The van der Waals surface area contributed by atoms with Gasteiger partial charge in [-0.15, -0.1) is 0 Å². The summed E-state index contributed by atoms with van der Waals surface area (Å²) in [5.41, 5.74) is 0.780. The first kappa shape index (κ1) is 14.0. The smallest absolute Gasteiger partial charge is 0.246 e. The van der Waals surface area contributed by atoms with Gasteiger partial charge in [-0.2, -0.15) is 4.98 Å². The summed E-state index contributed by atoms with van der Waals surface area (Å²) in [6.07, 6.45) is 0. The van der Waals surface area contributed by atoms with E-state index in [4.69, 9.17) is 14.0 Å². The van der Waals surface area contributed by atoms with E-state index in [1.54, 1.807) is 13.2 Å². The number of nitrogens with one attached hydrogen (secondary N) is 1. The van der Waals surface area contributed by atoms with E-state index in [-0.39, 0.29) is 19.1 Å². The van der Waals surface area contributed by atoms with Crippen LogP contribution in [0.5, 0.6) is 5.75 Å². The van der Waals surface area contributed by atoms with E-state index in [2.05, 4.69) is 15.5 Å². The van der Waals surface area contributed by atoms with Crippen molar-refractivity contribution in [1.82, 2.24) is 15.5 Å². The molecule has 2 rings (SSSR count). The molecule has 1 heterocycles. The van der Waals surface area contributed by atoms with Crippen molar-refractivity contribution in [2.24, 2.45) is 0 Å². The van der Waals surface area contributed by atoms with Gasteiger partial charge >= 0.3 is 0 Å². The monoisotopic (exact) mass is 277 g/mol. The van der Waals surface area contributed by atoms with Gasteiger partial charge in [0.15, 0.2) is 0 Å². The van der Waals surface area contributed by atoms with Gasteiger partial charge in [0.2, 0.25) is 17.6 Å². The maximum Gasteiger partial charge on any atom is 0.246 e. The molecular weight excluding hydrogens is 262 g/mol. The number of hydrogen-bond donors (Lipinski definition) is 1. The van der Waals surface area contributed by atoms with Crippen LogP contribution in [0.1, 0.15) is 5.89 Å². The molecule has 1 N–H and O–H groups in total. The van der Waals surface area contributed by atoms with Gasteiger partial charge in [-0.3, -0.25) is 4.79 Å². The SMILES string of the molecule is COCC(=O)NCc1nc(-c2cccc(OC)c2)no1. The van der Waals surface area contributed by atoms with E-state index in [9.17, 15) is 4.79 Å². The number of benzene rings is 1. The van der Waals surface area contributed by atoms with Gasteiger partial charge in [-0.25, -0.2) is 0 Å². The van der Waals surface area contributed by atoms with Gasteiger partial charge in [0.25, 0.3) is 0 Å². The van der Waals surface area contributed by atoms with Gasteiger partial charge in [-0.05, 0) is 12.1 Å². The lowest BCUT2D eigenvalue weighted by atomic mass is 10.2. The van der Waals surface area contributed by atoms with Crippen LogP contribution in [0.25, 0.3) is 11.4 Å². The summed E-state index contributed by atoms with van der Waals surface area (Å²) < 4.78 is 14.9. The van der Waals surface area contributed by atoms with Crippen molar-refractivity contribution in [3.8, 4) is 17.1 Å². The summed E-state index contributed by atoms with van der Waals surface area (Å²) in [6.45, 7) is 0.163. The third-order valence-electron chi connectivity index (χ3n) is 2.51. The number of carbonyl (C=O) groups excluding carboxylic acids is 1. The molecule has 0 atom stereocenters. The molecule has 1 aromatic carbocycles. The molecule has 7 heteroatoms. The van der Waals surface area contributed by atoms with E-state index in [1.165, 1.54) is 7.11 Å². The summed E-state index contributed by atoms with van der Waals surface area (Å²) >= 11 is 0. The molecule has 0 unspecified atom stereocenters. The van der Waals surface area contributed by atoms with Crippen LogP contribution < -0.4 is 10.1 Å². The first-order valence-corrected chi connectivity index (χ1v) is 5.95. The van der Waals surface area contributed by atoms with Gasteiger partial charge in [0.1, 0.15) is 12.4 Å². The summed E-state index contributed by atoms with van der Waals surface area (Å²) in [4.78, 5) is 15.4. The van der Waals surface area contributed by atoms with Crippen molar-refractivity contribution in [3.63, 3.8) is 0 Å². The van der Waals surface area contributed by atoms with Crippen LogP contribution in [0.2, 0.25) is 0 Å². The molecule has 0 spiro atoms. The second-order valence-electron chi connectivity index (χ2n) is 3.95. The number of methoxy groups -OCH3 is 2. The topological polar surface area (TPSA) is 86.5 Å². The van der Waals surface area contributed by atoms with Crippen molar-refractivity contribution < 1.29 is 18.8 Å². The predicted octanol–water partition coefficient (Wildman–Crippen LogP) is 1.01. The molecule has 0 aliphatic heterocycles. The third kappa shape index (κ3) is 3.55. The molecule has 1 aromatic heterocycles. The Balaban J connectivity index is 2.03. The van der Waals surface area contributed by atoms with Crippen molar-refractivity contribution in [2.45, 2.75) is 6.54 Å². The summed E-state index contributed by atoms with van der Waals surface area (Å²) in [5.74, 6) is 1.24. The zero-order chi connectivity index (χ0) is 14.4. The maximum absolute atomic E-state index is 11.2. The standard InChI is InChI=1S/C13H15N3O4/c1-18-8-11(17)14-7-12-15-13(16-20-12)9-4-3-5-10(6-9)19-2/h3-6H,7-8H2,1-2H3,(H,14,17). The lowest BCUT2D eigenvalue weighted by Gasteiger charge is -2.00. The number of amides is 1. The highest BCUT2D eigenvalue weighted by Crippen LogP contribution is 2.21. The zero-order valence-corrected chi connectivity index (χ0v) is 11.3. The molecule has 0 saturated carbocycles. The van der Waals surface area contributed by atoms with Crippen LogP contribution in [0.15, 0.2) is 28.8 Å². The minimum atomic E-state index is -0.242. The average molecular weight is 277 g/mol. The molecule has 106 valence electrons. The normalized spacial score (nSPS) is 10.3. The number of nitrogens with zero attached hydrogens (tertiary/aromatic N) is 2. The number of carbonyl (C=O) groups is 1. The Labute approximate surface area is 115 Å². The first-order valence-electron chi connectivity index (χ1n) is 5.95. The zero-order valence-electron chi connectivity index (χ0n) is 11.3. The summed E-state index contributed by atoms with van der Waals surface area (Å²) in [7, 11) is 3.04. The fourth-order valence-corrected chi connectivity index (χ4v) is 1.56. The fraction of sp³-hybridized carbons (Fsp3) is 0.308. The quantitative estimate of drug-likeness (QED) is 0.848. The van der Waals surface area contributed by atoms with Gasteiger partial charge < -0.3 is 19.3 Å². The average Bonchev–Trinajstić information content (AvgIpc) is 2.94. The molecule has 0 radical (unpaired) electrons. The van der Waals surface area contributed by atoms with Crippen LogP contribution in [0, 0.1) is 0 Å². The number of hydrogen-bond acceptors (Lipinski definition) is 6. The van der Waals surface area contributed by atoms with E-state index < -0.39 is 0 Å². The number of ether oxygens (including phenoxy) is 2.